The van der Waals surface area contributed by atoms with Gasteiger partial charge in [0.15, 0.2) is 0 Å². The Hall–Kier alpha value is -2.94. The summed E-state index contributed by atoms with van der Waals surface area (Å²) in [5.41, 5.74) is 1.27. The lowest BCUT2D eigenvalue weighted by Gasteiger charge is -2.34. The van der Waals surface area contributed by atoms with Gasteiger partial charge in [-0.3, -0.25) is 19.3 Å². The molecule has 26 heavy (non-hydrogen) atoms. The molecular formula is C17H18N4O4S. The minimum absolute atomic E-state index is 0.139. The summed E-state index contributed by atoms with van der Waals surface area (Å²) < 4.78 is 23.5. The topological polar surface area (TPSA) is 99.7 Å². The molecule has 1 aliphatic heterocycles. The van der Waals surface area contributed by atoms with Crippen LogP contribution in [-0.4, -0.2) is 61.2 Å². The highest BCUT2D eigenvalue weighted by molar-refractivity contribution is 7.73. The third-order valence-corrected chi connectivity index (χ3v) is 4.53. The number of rotatable bonds is 4. The molecule has 9 heteroatoms. The number of carbonyl (C=O) groups excluding carboxylic acids is 2. The highest BCUT2D eigenvalue weighted by atomic mass is 32.2. The fraction of sp³-hybridized carbons (Fsp3) is 0.235. The fourth-order valence-electron chi connectivity index (χ4n) is 2.74. The molecular weight excluding hydrogens is 356 g/mol. The van der Waals surface area contributed by atoms with Crippen LogP contribution in [0.25, 0.3) is 0 Å². The van der Waals surface area contributed by atoms with Gasteiger partial charge in [0.25, 0.3) is 11.8 Å². The van der Waals surface area contributed by atoms with Crippen molar-refractivity contribution in [3.63, 3.8) is 0 Å². The van der Waals surface area contributed by atoms with E-state index in [4.69, 9.17) is 0 Å². The standard InChI is InChI=1S/C17H18N4O4S/c22-16(13-4-6-14(7-5-13)19-26(24)25)20-9-11-21(12-10-20)17(23)15-3-1-2-8-18-15/h1-8,26H,9-12H2,(H,19,24,25). The normalized spacial score (nSPS) is 14.3. The number of anilines is 1. The van der Waals surface area contributed by atoms with Gasteiger partial charge in [-0.2, -0.15) is 0 Å². The maximum atomic E-state index is 12.6. The molecule has 1 fully saturated rings. The van der Waals surface area contributed by atoms with Crippen LogP contribution in [-0.2, 0) is 10.9 Å². The Kier molecular flexibility index (Phi) is 5.47. The summed E-state index contributed by atoms with van der Waals surface area (Å²) in [6.45, 7) is 1.75. The number of piperazine rings is 1. The highest BCUT2D eigenvalue weighted by Crippen LogP contribution is 2.14. The lowest BCUT2D eigenvalue weighted by Crippen LogP contribution is -2.50. The summed E-state index contributed by atoms with van der Waals surface area (Å²) in [4.78, 5) is 32.4. The summed E-state index contributed by atoms with van der Waals surface area (Å²) >= 11 is 0. The molecule has 0 radical (unpaired) electrons. The first-order valence-corrected chi connectivity index (χ1v) is 9.23. The van der Waals surface area contributed by atoms with E-state index in [1.165, 1.54) is 0 Å². The third-order valence-electron chi connectivity index (χ3n) is 4.09. The number of amides is 2. The second-order valence-electron chi connectivity index (χ2n) is 5.75. The van der Waals surface area contributed by atoms with Gasteiger partial charge in [0.1, 0.15) is 5.69 Å². The van der Waals surface area contributed by atoms with Gasteiger partial charge < -0.3 is 9.80 Å². The van der Waals surface area contributed by atoms with E-state index in [2.05, 4.69) is 9.71 Å². The molecule has 1 aliphatic rings. The molecule has 0 unspecified atom stereocenters. The van der Waals surface area contributed by atoms with Gasteiger partial charge in [-0.1, -0.05) is 6.07 Å². The van der Waals surface area contributed by atoms with Crippen LogP contribution in [0.5, 0.6) is 0 Å². The second kappa shape index (κ2) is 7.96. The average Bonchev–Trinajstić information content (AvgIpc) is 2.68. The van der Waals surface area contributed by atoms with Crippen molar-refractivity contribution < 1.29 is 18.0 Å². The molecule has 1 aromatic carbocycles. The Morgan fingerprint density at radius 1 is 0.885 bits per heavy atom. The zero-order valence-electron chi connectivity index (χ0n) is 13.9. The van der Waals surface area contributed by atoms with Crippen molar-refractivity contribution in [2.75, 3.05) is 30.9 Å². The van der Waals surface area contributed by atoms with Crippen molar-refractivity contribution in [1.82, 2.24) is 14.8 Å². The second-order valence-corrected chi connectivity index (χ2v) is 6.48. The van der Waals surface area contributed by atoms with Crippen LogP contribution in [0, 0.1) is 0 Å². The lowest BCUT2D eigenvalue weighted by molar-refractivity contribution is 0.0532. The Morgan fingerprint density at radius 2 is 1.50 bits per heavy atom. The number of benzene rings is 1. The molecule has 1 aromatic heterocycles. The van der Waals surface area contributed by atoms with Crippen molar-refractivity contribution in [3.05, 3.63) is 59.9 Å². The monoisotopic (exact) mass is 374 g/mol. The summed E-state index contributed by atoms with van der Waals surface area (Å²) in [5, 5.41) is 0. The van der Waals surface area contributed by atoms with Crippen LogP contribution in [0.4, 0.5) is 5.69 Å². The number of pyridine rings is 1. The fourth-order valence-corrected chi connectivity index (χ4v) is 3.10. The van der Waals surface area contributed by atoms with Crippen LogP contribution < -0.4 is 4.72 Å². The molecule has 0 spiro atoms. The Labute approximate surface area is 152 Å². The SMILES string of the molecule is O=C(c1ccc(N[SH](=O)=O)cc1)N1CCN(C(=O)c2ccccn2)CC1. The summed E-state index contributed by atoms with van der Waals surface area (Å²) in [6, 6.07) is 11.4. The number of hydrogen-bond donors (Lipinski definition) is 2. The maximum Gasteiger partial charge on any atom is 0.272 e. The summed E-state index contributed by atoms with van der Waals surface area (Å²) in [5.74, 6) is -0.284. The van der Waals surface area contributed by atoms with Crippen molar-refractivity contribution >= 4 is 28.4 Å². The maximum absolute atomic E-state index is 12.6. The Balaban J connectivity index is 1.59. The molecule has 0 atom stereocenters. The van der Waals surface area contributed by atoms with E-state index in [9.17, 15) is 18.0 Å². The molecule has 1 saturated heterocycles. The van der Waals surface area contributed by atoms with Gasteiger partial charge in [-0.05, 0) is 36.4 Å². The molecule has 3 rings (SSSR count). The van der Waals surface area contributed by atoms with Crippen LogP contribution in [0.3, 0.4) is 0 Å². The van der Waals surface area contributed by atoms with Gasteiger partial charge >= 0.3 is 0 Å². The molecule has 0 bridgehead atoms. The first-order valence-electron chi connectivity index (χ1n) is 8.05. The number of nitrogens with one attached hydrogen (secondary N) is 1. The van der Waals surface area contributed by atoms with Gasteiger partial charge in [0.2, 0.25) is 10.9 Å². The van der Waals surface area contributed by atoms with Gasteiger partial charge in [0, 0.05) is 43.6 Å². The quantitative estimate of drug-likeness (QED) is 0.764. The first kappa shape index (κ1) is 17.9. The van der Waals surface area contributed by atoms with E-state index in [-0.39, 0.29) is 11.8 Å². The molecule has 8 nitrogen and oxygen atoms in total. The minimum Gasteiger partial charge on any atom is -0.335 e. The summed E-state index contributed by atoms with van der Waals surface area (Å²) in [6.07, 6.45) is 1.58. The van der Waals surface area contributed by atoms with Crippen LogP contribution >= 0.6 is 0 Å². The smallest absolute Gasteiger partial charge is 0.272 e. The van der Waals surface area contributed by atoms with Crippen molar-refractivity contribution in [1.29, 1.82) is 0 Å². The third kappa shape index (κ3) is 4.17. The first-order chi connectivity index (χ1) is 12.5. The van der Waals surface area contributed by atoms with E-state index < -0.39 is 10.9 Å². The van der Waals surface area contributed by atoms with E-state index in [1.54, 1.807) is 58.5 Å². The minimum atomic E-state index is -2.73. The zero-order valence-corrected chi connectivity index (χ0v) is 14.8. The van der Waals surface area contributed by atoms with Gasteiger partial charge in [-0.25, -0.2) is 8.42 Å². The van der Waals surface area contributed by atoms with E-state index in [0.29, 0.717) is 43.1 Å². The predicted molar refractivity (Wildman–Crippen MR) is 96.4 cm³/mol. The number of hydrogen-bond acceptors (Lipinski definition) is 5. The van der Waals surface area contributed by atoms with Gasteiger partial charge in [-0.15, -0.1) is 0 Å². The highest BCUT2D eigenvalue weighted by Gasteiger charge is 2.25. The van der Waals surface area contributed by atoms with Crippen LogP contribution in [0.1, 0.15) is 20.8 Å². The molecule has 0 aliphatic carbocycles. The van der Waals surface area contributed by atoms with E-state index in [1.807, 2.05) is 0 Å². The van der Waals surface area contributed by atoms with Crippen LogP contribution in [0.15, 0.2) is 48.7 Å². The molecule has 2 heterocycles. The Morgan fingerprint density at radius 3 is 2.04 bits per heavy atom. The average molecular weight is 374 g/mol. The predicted octanol–water partition coefficient (Wildman–Crippen LogP) is 0.618. The van der Waals surface area contributed by atoms with Crippen molar-refractivity contribution in [3.8, 4) is 0 Å². The molecule has 0 saturated carbocycles. The summed E-state index contributed by atoms with van der Waals surface area (Å²) in [7, 11) is -2.73. The lowest BCUT2D eigenvalue weighted by atomic mass is 10.1. The molecule has 2 aromatic rings. The molecule has 1 N–H and O–H groups in total. The Bertz CT molecular complexity index is 852. The van der Waals surface area contributed by atoms with Crippen LogP contribution in [0.2, 0.25) is 0 Å². The molecule has 2 amide bonds. The van der Waals surface area contributed by atoms with Crippen molar-refractivity contribution in [2.24, 2.45) is 0 Å². The zero-order chi connectivity index (χ0) is 18.5. The number of carbonyl (C=O) groups is 2. The van der Waals surface area contributed by atoms with E-state index in [0.717, 1.165) is 0 Å². The van der Waals surface area contributed by atoms with Crippen molar-refractivity contribution in [2.45, 2.75) is 0 Å². The number of aromatic nitrogens is 1. The van der Waals surface area contributed by atoms with E-state index >= 15 is 0 Å². The largest absolute Gasteiger partial charge is 0.335 e. The van der Waals surface area contributed by atoms with Gasteiger partial charge in [0.05, 0.1) is 0 Å². The molecule has 136 valence electrons. The number of thiol groups is 1. The number of nitrogens with zero attached hydrogens (tertiary/aromatic N) is 3.